The highest BCUT2D eigenvalue weighted by atomic mass is 35.5. The van der Waals surface area contributed by atoms with Crippen LogP contribution in [0.15, 0.2) is 34.9 Å². The fraction of sp³-hybridized carbons (Fsp3) is 0.529. The molecule has 2 N–H and O–H groups in total. The molecule has 0 saturated carbocycles. The molecule has 0 amide bonds. The predicted octanol–water partition coefficient (Wildman–Crippen LogP) is 2.47. The summed E-state index contributed by atoms with van der Waals surface area (Å²) >= 11 is 0. The van der Waals surface area contributed by atoms with Crippen LogP contribution in [0.4, 0.5) is 0 Å². The zero-order valence-corrected chi connectivity index (χ0v) is 16.4. The van der Waals surface area contributed by atoms with Gasteiger partial charge in [0.25, 0.3) is 0 Å². The summed E-state index contributed by atoms with van der Waals surface area (Å²) in [5.41, 5.74) is 6.98. The van der Waals surface area contributed by atoms with Crippen LogP contribution in [-0.2, 0) is 19.6 Å². The van der Waals surface area contributed by atoms with E-state index in [1.54, 1.807) is 0 Å². The molecular weight excluding hydrogens is 361 g/mol. The molecule has 1 fully saturated rings. The number of hydrogen-bond donors (Lipinski definition) is 1. The molecule has 0 radical (unpaired) electrons. The van der Waals surface area contributed by atoms with Crippen LogP contribution in [0, 0.1) is 0 Å². The molecule has 0 spiro atoms. The van der Waals surface area contributed by atoms with E-state index in [1.807, 2.05) is 0 Å². The standard InChI is InChI=1S/C17H25N5O.2ClH/c1-17(2)13-21(12-15-19-16(10-18)23-20-15)8-9-22(17)11-14-6-4-3-5-7-14;;/h3-7H,8-13,18H2,1-2H3;2*1H. The number of hydrogen-bond acceptors (Lipinski definition) is 6. The van der Waals surface area contributed by atoms with Gasteiger partial charge in [-0.3, -0.25) is 9.80 Å². The van der Waals surface area contributed by atoms with E-state index < -0.39 is 0 Å². The van der Waals surface area contributed by atoms with Gasteiger partial charge >= 0.3 is 0 Å². The lowest BCUT2D eigenvalue weighted by molar-refractivity contribution is 0.00906. The molecule has 2 aromatic rings. The minimum absolute atomic E-state index is 0. The van der Waals surface area contributed by atoms with Gasteiger partial charge in [-0.15, -0.1) is 24.8 Å². The van der Waals surface area contributed by atoms with E-state index in [2.05, 4.69) is 64.1 Å². The third-order valence-corrected chi connectivity index (χ3v) is 4.42. The summed E-state index contributed by atoms with van der Waals surface area (Å²) in [5.74, 6) is 1.22. The first-order chi connectivity index (χ1) is 11.1. The molecule has 0 aliphatic carbocycles. The van der Waals surface area contributed by atoms with Gasteiger partial charge in [0.15, 0.2) is 5.82 Å². The van der Waals surface area contributed by atoms with Crippen LogP contribution in [0.25, 0.3) is 0 Å². The molecule has 1 aromatic carbocycles. The van der Waals surface area contributed by atoms with Crippen molar-refractivity contribution in [1.82, 2.24) is 19.9 Å². The van der Waals surface area contributed by atoms with Crippen LogP contribution in [0.5, 0.6) is 0 Å². The van der Waals surface area contributed by atoms with Crippen LogP contribution in [0.1, 0.15) is 31.1 Å². The van der Waals surface area contributed by atoms with Crippen molar-refractivity contribution in [2.45, 2.75) is 39.0 Å². The third kappa shape index (κ3) is 5.66. The van der Waals surface area contributed by atoms with Crippen molar-refractivity contribution in [3.8, 4) is 0 Å². The van der Waals surface area contributed by atoms with E-state index in [-0.39, 0.29) is 30.4 Å². The Morgan fingerprint density at radius 3 is 2.44 bits per heavy atom. The summed E-state index contributed by atoms with van der Waals surface area (Å²) in [4.78, 5) is 9.22. The van der Waals surface area contributed by atoms with E-state index in [0.717, 1.165) is 32.0 Å². The summed E-state index contributed by atoms with van der Waals surface area (Å²) in [6.45, 7) is 9.60. The lowest BCUT2D eigenvalue weighted by Gasteiger charge is -2.47. The second kappa shape index (κ2) is 9.50. The Hall–Kier alpha value is -1.18. The molecule has 2 heterocycles. The third-order valence-electron chi connectivity index (χ3n) is 4.42. The van der Waals surface area contributed by atoms with E-state index in [4.69, 9.17) is 10.3 Å². The highest BCUT2D eigenvalue weighted by molar-refractivity contribution is 5.85. The first-order valence-electron chi connectivity index (χ1n) is 8.10. The van der Waals surface area contributed by atoms with Crippen molar-refractivity contribution >= 4 is 24.8 Å². The van der Waals surface area contributed by atoms with Crippen molar-refractivity contribution in [1.29, 1.82) is 0 Å². The highest BCUT2D eigenvalue weighted by Crippen LogP contribution is 2.24. The molecule has 1 aromatic heterocycles. The lowest BCUT2D eigenvalue weighted by atomic mass is 9.97. The van der Waals surface area contributed by atoms with E-state index in [1.165, 1.54) is 5.56 Å². The second-order valence-electron chi connectivity index (χ2n) is 6.74. The zero-order chi connectivity index (χ0) is 16.3. The quantitative estimate of drug-likeness (QED) is 0.849. The van der Waals surface area contributed by atoms with E-state index in [0.29, 0.717) is 19.0 Å². The number of benzene rings is 1. The second-order valence-corrected chi connectivity index (χ2v) is 6.74. The minimum Gasteiger partial charge on any atom is -0.338 e. The van der Waals surface area contributed by atoms with Gasteiger partial charge in [-0.2, -0.15) is 4.98 Å². The van der Waals surface area contributed by atoms with Gasteiger partial charge in [0, 0.05) is 31.7 Å². The summed E-state index contributed by atoms with van der Waals surface area (Å²) < 4.78 is 5.08. The number of piperazine rings is 1. The van der Waals surface area contributed by atoms with Crippen molar-refractivity contribution in [2.24, 2.45) is 5.73 Å². The summed E-state index contributed by atoms with van der Waals surface area (Å²) in [6.07, 6.45) is 0. The van der Waals surface area contributed by atoms with Crippen LogP contribution in [0.2, 0.25) is 0 Å². The lowest BCUT2D eigenvalue weighted by Crippen LogP contribution is -2.58. The Bertz CT molecular complexity index is 635. The van der Waals surface area contributed by atoms with Crippen LogP contribution in [0.3, 0.4) is 0 Å². The molecule has 1 saturated heterocycles. The molecule has 25 heavy (non-hydrogen) atoms. The van der Waals surface area contributed by atoms with Gasteiger partial charge in [-0.25, -0.2) is 0 Å². The fourth-order valence-electron chi connectivity index (χ4n) is 3.16. The maximum atomic E-state index is 5.51. The predicted molar refractivity (Wildman–Crippen MR) is 103 cm³/mol. The van der Waals surface area contributed by atoms with Crippen molar-refractivity contribution in [3.05, 3.63) is 47.6 Å². The summed E-state index contributed by atoms with van der Waals surface area (Å²) in [7, 11) is 0. The number of nitrogens with zero attached hydrogens (tertiary/aromatic N) is 4. The first kappa shape index (κ1) is 21.9. The maximum absolute atomic E-state index is 5.51. The van der Waals surface area contributed by atoms with Crippen LogP contribution < -0.4 is 5.73 Å². The topological polar surface area (TPSA) is 71.4 Å². The summed E-state index contributed by atoms with van der Waals surface area (Å²) in [6, 6.07) is 10.6. The van der Waals surface area contributed by atoms with Gasteiger partial charge < -0.3 is 10.3 Å². The zero-order valence-electron chi connectivity index (χ0n) is 14.7. The molecule has 0 bridgehead atoms. The molecule has 0 unspecified atom stereocenters. The van der Waals surface area contributed by atoms with Gasteiger partial charge in [-0.05, 0) is 19.4 Å². The molecule has 3 rings (SSSR count). The smallest absolute Gasteiger partial charge is 0.240 e. The van der Waals surface area contributed by atoms with Gasteiger partial charge in [0.05, 0.1) is 13.1 Å². The molecule has 6 nitrogen and oxygen atoms in total. The van der Waals surface area contributed by atoms with Crippen LogP contribution in [-0.4, -0.2) is 45.1 Å². The summed E-state index contributed by atoms with van der Waals surface area (Å²) in [5, 5.41) is 3.99. The largest absolute Gasteiger partial charge is 0.338 e. The minimum atomic E-state index is 0. The fourth-order valence-corrected chi connectivity index (χ4v) is 3.16. The number of rotatable bonds is 5. The SMILES string of the molecule is CC1(C)CN(Cc2noc(CN)n2)CCN1Cc1ccccc1.Cl.Cl. The van der Waals surface area contributed by atoms with Gasteiger partial charge in [0.2, 0.25) is 5.89 Å². The molecule has 8 heteroatoms. The van der Waals surface area contributed by atoms with Crippen molar-refractivity contribution < 1.29 is 4.52 Å². The molecule has 0 atom stereocenters. The maximum Gasteiger partial charge on any atom is 0.240 e. The number of aromatic nitrogens is 2. The number of nitrogens with two attached hydrogens (primary N) is 1. The Balaban J connectivity index is 0.00000156. The molecule has 140 valence electrons. The van der Waals surface area contributed by atoms with Crippen molar-refractivity contribution in [2.75, 3.05) is 19.6 Å². The molecule has 1 aliphatic rings. The van der Waals surface area contributed by atoms with E-state index >= 15 is 0 Å². The Labute approximate surface area is 161 Å². The van der Waals surface area contributed by atoms with Gasteiger partial charge in [0.1, 0.15) is 0 Å². The van der Waals surface area contributed by atoms with E-state index in [9.17, 15) is 0 Å². The van der Waals surface area contributed by atoms with Crippen molar-refractivity contribution in [3.63, 3.8) is 0 Å². The highest BCUT2D eigenvalue weighted by Gasteiger charge is 2.33. The van der Waals surface area contributed by atoms with Gasteiger partial charge in [-0.1, -0.05) is 35.5 Å². The Kier molecular flexibility index (Phi) is 8.31. The molecular formula is C17H27Cl2N5O. The normalized spacial score (nSPS) is 17.6. The average molecular weight is 388 g/mol. The number of halogens is 2. The Morgan fingerprint density at radius 1 is 1.12 bits per heavy atom. The Morgan fingerprint density at radius 2 is 1.84 bits per heavy atom. The monoisotopic (exact) mass is 387 g/mol. The average Bonchev–Trinajstić information content (AvgIpc) is 2.98. The molecule has 1 aliphatic heterocycles. The first-order valence-corrected chi connectivity index (χ1v) is 8.10. The van der Waals surface area contributed by atoms with Crippen LogP contribution >= 0.6 is 24.8 Å².